The fourth-order valence-corrected chi connectivity index (χ4v) is 2.41. The van der Waals surface area contributed by atoms with E-state index in [4.69, 9.17) is 10.5 Å². The molecule has 0 atom stereocenters. The number of benzene rings is 1. The maximum atomic E-state index is 11.1. The Labute approximate surface area is 122 Å². The van der Waals surface area contributed by atoms with Crippen molar-refractivity contribution in [1.82, 2.24) is 4.90 Å². The second-order valence-electron chi connectivity index (χ2n) is 4.84. The molecule has 1 aliphatic heterocycles. The lowest BCUT2D eigenvalue weighted by Crippen LogP contribution is -2.49. The van der Waals surface area contributed by atoms with Gasteiger partial charge in [-0.1, -0.05) is 0 Å². The van der Waals surface area contributed by atoms with Crippen molar-refractivity contribution >= 4 is 17.3 Å². The van der Waals surface area contributed by atoms with Crippen molar-refractivity contribution in [3.63, 3.8) is 0 Å². The van der Waals surface area contributed by atoms with Crippen LogP contribution in [0.15, 0.2) is 18.2 Å². The number of methoxy groups -OCH3 is 1. The van der Waals surface area contributed by atoms with Crippen molar-refractivity contribution in [1.29, 1.82) is 0 Å². The maximum absolute atomic E-state index is 11.1. The lowest BCUT2D eigenvalue weighted by molar-refractivity contribution is -0.384. The molecule has 114 valence electrons. The molecular weight excluding hydrogens is 276 g/mol. The Morgan fingerprint density at radius 1 is 1.38 bits per heavy atom. The van der Waals surface area contributed by atoms with Crippen LogP contribution >= 0.6 is 0 Å². The first kappa shape index (κ1) is 15.0. The third-order valence-corrected chi connectivity index (χ3v) is 3.47. The van der Waals surface area contributed by atoms with Gasteiger partial charge in [0.05, 0.1) is 18.6 Å². The average molecular weight is 294 g/mol. The molecule has 1 fully saturated rings. The smallest absolute Gasteiger partial charge is 0.292 e. The summed E-state index contributed by atoms with van der Waals surface area (Å²) in [5, 5.41) is 11.1. The van der Waals surface area contributed by atoms with Gasteiger partial charge in [-0.3, -0.25) is 19.8 Å². The van der Waals surface area contributed by atoms with Crippen molar-refractivity contribution in [3.05, 3.63) is 28.3 Å². The van der Waals surface area contributed by atoms with Crippen LogP contribution in [-0.4, -0.2) is 55.6 Å². The van der Waals surface area contributed by atoms with E-state index >= 15 is 0 Å². The summed E-state index contributed by atoms with van der Waals surface area (Å²) in [5.74, 6) is 0.214. The van der Waals surface area contributed by atoms with Crippen LogP contribution in [0, 0.1) is 10.1 Å². The number of carbonyl (C=O) groups excluding carboxylic acids is 1. The molecule has 0 aliphatic carbocycles. The summed E-state index contributed by atoms with van der Waals surface area (Å²) in [5.41, 5.74) is 5.77. The Balaban J connectivity index is 2.15. The van der Waals surface area contributed by atoms with E-state index in [1.54, 1.807) is 12.1 Å². The summed E-state index contributed by atoms with van der Waals surface area (Å²) in [6.07, 6.45) is 0. The van der Waals surface area contributed by atoms with Crippen molar-refractivity contribution in [2.45, 2.75) is 0 Å². The van der Waals surface area contributed by atoms with Gasteiger partial charge in [-0.2, -0.15) is 0 Å². The Kier molecular flexibility index (Phi) is 4.59. The zero-order chi connectivity index (χ0) is 15.4. The van der Waals surface area contributed by atoms with E-state index < -0.39 is 4.92 Å². The third kappa shape index (κ3) is 3.60. The van der Waals surface area contributed by atoms with Crippen molar-refractivity contribution in [2.75, 3.05) is 44.7 Å². The number of carbonyl (C=O) groups is 1. The molecule has 0 saturated carbocycles. The first-order valence-corrected chi connectivity index (χ1v) is 6.59. The Hall–Kier alpha value is -2.35. The Morgan fingerprint density at radius 3 is 2.57 bits per heavy atom. The number of nitro groups is 1. The normalized spacial score (nSPS) is 15.8. The minimum atomic E-state index is -0.398. The van der Waals surface area contributed by atoms with E-state index in [2.05, 4.69) is 0 Å². The van der Waals surface area contributed by atoms with Crippen LogP contribution in [0.1, 0.15) is 0 Å². The summed E-state index contributed by atoms with van der Waals surface area (Å²) in [6, 6.07) is 4.69. The Morgan fingerprint density at radius 2 is 2.05 bits per heavy atom. The van der Waals surface area contributed by atoms with Gasteiger partial charge in [-0.25, -0.2) is 0 Å². The highest BCUT2D eigenvalue weighted by molar-refractivity contribution is 5.76. The quantitative estimate of drug-likeness (QED) is 0.615. The number of nitrogens with zero attached hydrogens (tertiary/aromatic N) is 3. The number of ether oxygens (including phenoxy) is 1. The molecule has 1 amide bonds. The molecule has 2 N–H and O–H groups in total. The van der Waals surface area contributed by atoms with Gasteiger partial charge < -0.3 is 15.4 Å². The van der Waals surface area contributed by atoms with Gasteiger partial charge in [0.25, 0.3) is 5.69 Å². The summed E-state index contributed by atoms with van der Waals surface area (Å²) in [7, 11) is 1.52. The molecule has 0 aromatic heterocycles. The van der Waals surface area contributed by atoms with Gasteiger partial charge in [-0.05, 0) is 6.07 Å². The Bertz CT molecular complexity index is 541. The lowest BCUT2D eigenvalue weighted by atomic mass is 10.2. The second-order valence-corrected chi connectivity index (χ2v) is 4.84. The molecule has 21 heavy (non-hydrogen) atoms. The van der Waals surface area contributed by atoms with Crippen LogP contribution < -0.4 is 15.4 Å². The number of amides is 1. The zero-order valence-electron chi connectivity index (χ0n) is 11.8. The van der Waals surface area contributed by atoms with Crippen molar-refractivity contribution in [3.8, 4) is 5.75 Å². The highest BCUT2D eigenvalue weighted by atomic mass is 16.6. The first-order chi connectivity index (χ1) is 10.0. The predicted molar refractivity (Wildman–Crippen MR) is 77.5 cm³/mol. The van der Waals surface area contributed by atoms with Gasteiger partial charge in [0.1, 0.15) is 11.4 Å². The van der Waals surface area contributed by atoms with Gasteiger partial charge in [0.2, 0.25) is 5.91 Å². The largest absolute Gasteiger partial charge is 0.497 e. The molecule has 1 aromatic rings. The number of primary amides is 1. The molecule has 2 rings (SSSR count). The van der Waals surface area contributed by atoms with E-state index in [1.807, 2.05) is 9.80 Å². The number of nitrogens with two attached hydrogens (primary N) is 1. The monoisotopic (exact) mass is 294 g/mol. The van der Waals surface area contributed by atoms with Crippen molar-refractivity contribution < 1.29 is 14.5 Å². The summed E-state index contributed by atoms with van der Waals surface area (Å²) in [6.45, 7) is 2.69. The van der Waals surface area contributed by atoms with Gasteiger partial charge in [-0.15, -0.1) is 0 Å². The molecule has 0 spiro atoms. The molecular formula is C13H18N4O4. The molecule has 1 saturated heterocycles. The number of hydrogen-bond acceptors (Lipinski definition) is 6. The molecule has 8 nitrogen and oxygen atoms in total. The summed E-state index contributed by atoms with van der Waals surface area (Å²) >= 11 is 0. The van der Waals surface area contributed by atoms with E-state index in [0.717, 1.165) is 0 Å². The lowest BCUT2D eigenvalue weighted by Gasteiger charge is -2.35. The SMILES string of the molecule is COc1ccc([N+](=O)[O-])c(N2CCN(CC(N)=O)CC2)c1. The highest BCUT2D eigenvalue weighted by Crippen LogP contribution is 2.32. The van der Waals surface area contributed by atoms with Gasteiger partial charge >= 0.3 is 0 Å². The minimum absolute atomic E-state index is 0.0548. The number of rotatable bonds is 5. The molecule has 1 aliphatic rings. The van der Waals surface area contributed by atoms with E-state index in [9.17, 15) is 14.9 Å². The third-order valence-electron chi connectivity index (χ3n) is 3.47. The molecule has 1 aromatic carbocycles. The molecule has 0 unspecified atom stereocenters. The van der Waals surface area contributed by atoms with E-state index in [0.29, 0.717) is 37.6 Å². The second kappa shape index (κ2) is 6.40. The number of anilines is 1. The minimum Gasteiger partial charge on any atom is -0.497 e. The van der Waals surface area contributed by atoms with Crippen LogP contribution in [0.4, 0.5) is 11.4 Å². The van der Waals surface area contributed by atoms with Crippen LogP contribution in [0.2, 0.25) is 0 Å². The van der Waals surface area contributed by atoms with E-state index in [-0.39, 0.29) is 18.1 Å². The number of hydrogen-bond donors (Lipinski definition) is 1. The van der Waals surface area contributed by atoms with Crippen molar-refractivity contribution in [2.24, 2.45) is 5.73 Å². The molecule has 8 heteroatoms. The fraction of sp³-hybridized carbons (Fsp3) is 0.462. The van der Waals surface area contributed by atoms with Crippen LogP contribution in [0.3, 0.4) is 0 Å². The average Bonchev–Trinajstić information content (AvgIpc) is 2.46. The molecule has 0 bridgehead atoms. The molecule has 1 heterocycles. The predicted octanol–water partition coefficient (Wildman–Crippen LogP) is 0.211. The fourth-order valence-electron chi connectivity index (χ4n) is 2.41. The summed E-state index contributed by atoms with van der Waals surface area (Å²) < 4.78 is 5.13. The standard InChI is InChI=1S/C13H18N4O4/c1-21-10-2-3-11(17(19)20)12(8-10)16-6-4-15(5-7-16)9-13(14)18/h2-3,8H,4-7,9H2,1H3,(H2,14,18). The number of piperazine rings is 1. The zero-order valence-corrected chi connectivity index (χ0v) is 11.8. The number of nitro benzene ring substituents is 1. The summed E-state index contributed by atoms with van der Waals surface area (Å²) in [4.78, 5) is 25.5. The van der Waals surface area contributed by atoms with Crippen LogP contribution in [0.25, 0.3) is 0 Å². The first-order valence-electron chi connectivity index (χ1n) is 6.59. The van der Waals surface area contributed by atoms with Crippen LogP contribution in [0.5, 0.6) is 5.75 Å². The topological polar surface area (TPSA) is 102 Å². The van der Waals surface area contributed by atoms with Crippen LogP contribution in [-0.2, 0) is 4.79 Å². The maximum Gasteiger partial charge on any atom is 0.292 e. The van der Waals surface area contributed by atoms with Gasteiger partial charge in [0.15, 0.2) is 0 Å². The van der Waals surface area contributed by atoms with E-state index in [1.165, 1.54) is 13.2 Å². The molecule has 0 radical (unpaired) electrons. The van der Waals surface area contributed by atoms with Gasteiger partial charge in [0, 0.05) is 38.3 Å². The highest BCUT2D eigenvalue weighted by Gasteiger charge is 2.24.